The molecule has 3 heterocycles. The van der Waals surface area contributed by atoms with E-state index < -0.39 is 13.9 Å². The normalized spacial score (nSPS) is 11.4. The van der Waals surface area contributed by atoms with Gasteiger partial charge in [0, 0.05) is 18.6 Å². The zero-order chi connectivity index (χ0) is 17.4. The zero-order valence-corrected chi connectivity index (χ0v) is 14.7. The van der Waals surface area contributed by atoms with Crippen LogP contribution < -0.4 is 15.9 Å². The Morgan fingerprint density at radius 2 is 1.24 bits per heavy atom. The highest BCUT2D eigenvalue weighted by atomic mass is 31.2. The van der Waals surface area contributed by atoms with E-state index in [2.05, 4.69) is 33.2 Å². The van der Waals surface area contributed by atoms with E-state index in [9.17, 15) is 4.39 Å². The van der Waals surface area contributed by atoms with Gasteiger partial charge in [0.25, 0.3) is 0 Å². The average Bonchev–Trinajstić information content (AvgIpc) is 2.70. The fourth-order valence-corrected chi connectivity index (χ4v) is 6.82. The van der Waals surface area contributed by atoms with Crippen molar-refractivity contribution in [3.8, 4) is 0 Å². The molecule has 0 spiro atoms. The van der Waals surface area contributed by atoms with Crippen molar-refractivity contribution in [2.24, 2.45) is 0 Å². The molecule has 0 aliphatic heterocycles. The zero-order valence-electron chi connectivity index (χ0n) is 13.8. The summed E-state index contributed by atoms with van der Waals surface area (Å²) in [4.78, 5) is 13.0. The fourth-order valence-electron chi connectivity index (χ4n) is 2.93. The Labute approximate surface area is 147 Å². The van der Waals surface area contributed by atoms with Crippen LogP contribution in [0.5, 0.6) is 0 Å². The molecule has 6 heteroatoms. The van der Waals surface area contributed by atoms with E-state index in [1.54, 1.807) is 18.6 Å². The highest BCUT2D eigenvalue weighted by Gasteiger charge is 2.45. The molecule has 0 saturated heterocycles. The minimum absolute atomic E-state index is 0.118. The van der Waals surface area contributed by atoms with Crippen molar-refractivity contribution >= 4 is 23.2 Å². The third kappa shape index (κ3) is 3.89. The highest BCUT2D eigenvalue weighted by Crippen LogP contribution is 2.54. The summed E-state index contributed by atoms with van der Waals surface area (Å²) in [6.07, 6.45) is 11.8. The van der Waals surface area contributed by atoms with Crippen LogP contribution in [0.3, 0.4) is 0 Å². The number of aromatic nitrogens is 3. The summed E-state index contributed by atoms with van der Waals surface area (Å²) < 4.78 is 17.9. The van der Waals surface area contributed by atoms with Crippen LogP contribution in [-0.4, -0.2) is 41.0 Å². The Hall–Kier alpha value is -2.23. The lowest BCUT2D eigenvalue weighted by atomic mass is 10.5. The van der Waals surface area contributed by atoms with E-state index in [4.69, 9.17) is 4.74 Å². The molecule has 0 bridgehead atoms. The molecule has 0 radical (unpaired) electrons. The van der Waals surface area contributed by atoms with E-state index in [-0.39, 0.29) is 6.61 Å². The van der Waals surface area contributed by atoms with Crippen LogP contribution >= 0.6 is 7.26 Å². The summed E-state index contributed by atoms with van der Waals surface area (Å²) >= 11 is 0. The van der Waals surface area contributed by atoms with Crippen LogP contribution in [0.4, 0.5) is 4.39 Å². The van der Waals surface area contributed by atoms with Crippen LogP contribution in [0.15, 0.2) is 73.6 Å². The van der Waals surface area contributed by atoms with Crippen molar-refractivity contribution < 1.29 is 9.13 Å². The number of rotatable bonds is 8. The van der Waals surface area contributed by atoms with Crippen LogP contribution in [0, 0.1) is 0 Å². The molecule has 25 heavy (non-hydrogen) atoms. The van der Waals surface area contributed by atoms with Crippen molar-refractivity contribution in [1.29, 1.82) is 0 Å². The second kappa shape index (κ2) is 8.75. The number of hydrogen-bond donors (Lipinski definition) is 0. The van der Waals surface area contributed by atoms with E-state index >= 15 is 0 Å². The maximum Gasteiger partial charge on any atom is 0.123 e. The van der Waals surface area contributed by atoms with Crippen molar-refractivity contribution in [3.05, 3.63) is 73.6 Å². The molecule has 0 aromatic carbocycles. The van der Waals surface area contributed by atoms with Gasteiger partial charge in [-0.05, 0) is 36.4 Å². The lowest BCUT2D eigenvalue weighted by molar-refractivity contribution is 0.132. The molecule has 3 aromatic heterocycles. The first kappa shape index (κ1) is 17.6. The Balaban J connectivity index is 2.13. The molecule has 0 atom stereocenters. The van der Waals surface area contributed by atoms with Gasteiger partial charge in [0.05, 0.1) is 38.0 Å². The number of halogens is 1. The highest BCUT2D eigenvalue weighted by molar-refractivity contribution is 7.95. The molecule has 0 saturated carbocycles. The van der Waals surface area contributed by atoms with Crippen molar-refractivity contribution in [2.45, 2.75) is 0 Å². The van der Waals surface area contributed by atoms with Gasteiger partial charge >= 0.3 is 0 Å². The van der Waals surface area contributed by atoms with Gasteiger partial charge in [-0.2, -0.15) is 0 Å². The van der Waals surface area contributed by atoms with Crippen molar-refractivity contribution in [1.82, 2.24) is 15.0 Å². The number of ether oxygens (including phenoxy) is 1. The van der Waals surface area contributed by atoms with E-state index in [0.717, 1.165) is 22.1 Å². The predicted molar refractivity (Wildman–Crippen MR) is 100 cm³/mol. The van der Waals surface area contributed by atoms with E-state index in [0.29, 0.717) is 6.61 Å². The number of nitrogens with zero attached hydrogens (tertiary/aromatic N) is 3. The van der Waals surface area contributed by atoms with Gasteiger partial charge in [-0.1, -0.05) is 0 Å². The lowest BCUT2D eigenvalue weighted by Gasteiger charge is -2.26. The maximum absolute atomic E-state index is 12.4. The van der Waals surface area contributed by atoms with Crippen molar-refractivity contribution in [3.63, 3.8) is 0 Å². The van der Waals surface area contributed by atoms with Gasteiger partial charge in [0.2, 0.25) is 0 Å². The summed E-state index contributed by atoms with van der Waals surface area (Å²) in [5.74, 6) is 0. The minimum atomic E-state index is -2.03. The predicted octanol–water partition coefficient (Wildman–Crippen LogP) is 2.15. The fraction of sp³-hybridized carbons (Fsp3) is 0.211. The van der Waals surface area contributed by atoms with Gasteiger partial charge in [-0.25, -0.2) is 4.39 Å². The van der Waals surface area contributed by atoms with Crippen LogP contribution in [0.25, 0.3) is 0 Å². The maximum atomic E-state index is 12.4. The van der Waals surface area contributed by atoms with E-state index in [1.807, 2.05) is 36.8 Å². The summed E-state index contributed by atoms with van der Waals surface area (Å²) in [6, 6.07) is 12.1. The van der Waals surface area contributed by atoms with Crippen LogP contribution in [0.1, 0.15) is 0 Å². The largest absolute Gasteiger partial charge is 0.375 e. The molecular weight excluding hydrogens is 335 g/mol. The van der Waals surface area contributed by atoms with Gasteiger partial charge in [0.1, 0.15) is 29.9 Å². The molecule has 3 rings (SSSR count). The van der Waals surface area contributed by atoms with Crippen LogP contribution in [-0.2, 0) is 4.74 Å². The standard InChI is InChI=1S/C19H20FN3OP/c20-7-11-24-12-13-25(17-4-1-8-21-14-17,18-5-2-9-22-15-18)19-6-3-10-23-16-19/h1-6,8-10,14-16H,7,11-13H2/q+1/i20-1. The quantitative estimate of drug-likeness (QED) is 0.459. The number of hydrogen-bond acceptors (Lipinski definition) is 4. The smallest absolute Gasteiger partial charge is 0.123 e. The Morgan fingerprint density at radius 1 is 0.760 bits per heavy atom. The second-order valence-corrected chi connectivity index (χ2v) is 9.08. The molecule has 0 amide bonds. The Kier molecular flexibility index (Phi) is 6.15. The molecule has 128 valence electrons. The third-order valence-electron chi connectivity index (χ3n) is 4.05. The molecule has 3 aromatic rings. The number of alkyl halides is 1. The molecule has 0 unspecified atom stereocenters. The molecule has 0 N–H and O–H groups in total. The topological polar surface area (TPSA) is 47.9 Å². The summed E-state index contributed by atoms with van der Waals surface area (Å²) in [5, 5.41) is 3.42. The van der Waals surface area contributed by atoms with E-state index in [1.165, 1.54) is 0 Å². The van der Waals surface area contributed by atoms with Gasteiger partial charge in [-0.15, -0.1) is 0 Å². The molecule has 0 fully saturated rings. The van der Waals surface area contributed by atoms with Crippen molar-refractivity contribution in [2.75, 3.05) is 26.1 Å². The second-order valence-electron chi connectivity index (χ2n) is 5.47. The van der Waals surface area contributed by atoms with Gasteiger partial charge in [0.15, 0.2) is 0 Å². The Morgan fingerprint density at radius 3 is 1.60 bits per heavy atom. The molecule has 4 nitrogen and oxygen atoms in total. The Bertz CT molecular complexity index is 663. The monoisotopic (exact) mass is 355 g/mol. The average molecular weight is 355 g/mol. The molecule has 0 aliphatic carbocycles. The molecule has 0 aliphatic rings. The van der Waals surface area contributed by atoms with Gasteiger partial charge < -0.3 is 4.74 Å². The van der Waals surface area contributed by atoms with Crippen LogP contribution in [0.2, 0.25) is 0 Å². The summed E-state index contributed by atoms with van der Waals surface area (Å²) in [7, 11) is -2.03. The lowest BCUT2D eigenvalue weighted by Crippen LogP contribution is -2.35. The first-order valence-corrected chi connectivity index (χ1v) is 10.1. The first-order valence-electron chi connectivity index (χ1n) is 8.11. The summed E-state index contributed by atoms with van der Waals surface area (Å²) in [5.41, 5.74) is 0. The summed E-state index contributed by atoms with van der Waals surface area (Å²) in [6.45, 7) is 0.113. The first-order chi connectivity index (χ1) is 12.4. The SMILES string of the molecule is [18F]CCOCC[P+](c1cccnc1)(c1cccnc1)c1cccnc1. The minimum Gasteiger partial charge on any atom is -0.375 e. The van der Waals surface area contributed by atoms with Gasteiger partial charge in [-0.3, -0.25) is 15.0 Å². The third-order valence-corrected chi connectivity index (χ3v) is 8.34. The molecular formula is C19H20FN3OP+. The number of pyridine rings is 3.